The van der Waals surface area contributed by atoms with Crippen molar-refractivity contribution in [1.29, 1.82) is 5.26 Å². The van der Waals surface area contributed by atoms with Gasteiger partial charge in [0, 0.05) is 31.7 Å². The Morgan fingerprint density at radius 1 is 1.42 bits per heavy atom. The molecule has 9 heteroatoms. The maximum Gasteiger partial charge on any atom is 0.253 e. The number of imide groups is 1. The number of hydrogen-bond donors (Lipinski definition) is 1. The molecule has 0 aromatic rings. The van der Waals surface area contributed by atoms with Gasteiger partial charge in [-0.05, 0) is 19.1 Å². The van der Waals surface area contributed by atoms with Crippen molar-refractivity contribution in [3.8, 4) is 6.07 Å². The second-order valence-electron chi connectivity index (χ2n) is 5.14. The van der Waals surface area contributed by atoms with Crippen LogP contribution in [0.4, 0.5) is 0 Å². The standard InChI is InChI=1S/C15H19N3O3S3/c1-3-23-14(22)24-15(2,10-16)7-6-11(19)17-8-9-18-12(20)4-5-13(18)21/h4-5H,3,6-9H2,1-2H3,(H,17,19). The van der Waals surface area contributed by atoms with E-state index in [1.54, 1.807) is 6.92 Å². The lowest BCUT2D eigenvalue weighted by Gasteiger charge is -2.20. The molecule has 24 heavy (non-hydrogen) atoms. The quantitative estimate of drug-likeness (QED) is 0.504. The summed E-state index contributed by atoms with van der Waals surface area (Å²) in [6, 6.07) is 2.21. The van der Waals surface area contributed by atoms with Crippen LogP contribution < -0.4 is 5.32 Å². The fraction of sp³-hybridized carbons (Fsp3) is 0.533. The van der Waals surface area contributed by atoms with E-state index in [4.69, 9.17) is 12.2 Å². The van der Waals surface area contributed by atoms with Crippen LogP contribution in [-0.4, -0.2) is 49.7 Å². The van der Waals surface area contributed by atoms with Gasteiger partial charge in [0.15, 0.2) is 0 Å². The van der Waals surface area contributed by atoms with Gasteiger partial charge < -0.3 is 5.32 Å². The lowest BCUT2D eigenvalue weighted by Crippen LogP contribution is -2.38. The molecule has 0 aromatic carbocycles. The first-order valence-electron chi connectivity index (χ1n) is 7.38. The Balaban J connectivity index is 2.34. The van der Waals surface area contributed by atoms with E-state index in [-0.39, 0.29) is 37.2 Å². The van der Waals surface area contributed by atoms with Gasteiger partial charge in [0.05, 0.1) is 6.07 Å². The van der Waals surface area contributed by atoms with Crippen molar-refractivity contribution < 1.29 is 14.4 Å². The average Bonchev–Trinajstić information content (AvgIpc) is 2.85. The molecule has 0 saturated heterocycles. The highest BCUT2D eigenvalue weighted by Gasteiger charge is 2.28. The molecule has 0 aromatic heterocycles. The Morgan fingerprint density at radius 2 is 2.04 bits per heavy atom. The van der Waals surface area contributed by atoms with Crippen molar-refractivity contribution in [2.24, 2.45) is 0 Å². The Kier molecular flexibility index (Phi) is 8.45. The highest BCUT2D eigenvalue weighted by atomic mass is 32.2. The molecule has 0 spiro atoms. The normalized spacial score (nSPS) is 16.0. The summed E-state index contributed by atoms with van der Waals surface area (Å²) in [5.41, 5.74) is 0. The summed E-state index contributed by atoms with van der Waals surface area (Å²) in [4.78, 5) is 35.7. The number of carbonyl (C=O) groups is 3. The molecular formula is C15H19N3O3S3. The third-order valence-corrected chi connectivity index (χ3v) is 5.84. The van der Waals surface area contributed by atoms with Gasteiger partial charge >= 0.3 is 0 Å². The summed E-state index contributed by atoms with van der Waals surface area (Å²) in [5, 5.41) is 12.0. The van der Waals surface area contributed by atoms with Crippen molar-refractivity contribution in [2.45, 2.75) is 31.4 Å². The monoisotopic (exact) mass is 385 g/mol. The van der Waals surface area contributed by atoms with Crippen LogP contribution in [0.1, 0.15) is 26.7 Å². The van der Waals surface area contributed by atoms with Crippen molar-refractivity contribution in [3.63, 3.8) is 0 Å². The minimum atomic E-state index is -0.749. The average molecular weight is 386 g/mol. The van der Waals surface area contributed by atoms with Crippen LogP contribution in [0, 0.1) is 11.3 Å². The van der Waals surface area contributed by atoms with E-state index in [0.717, 1.165) is 10.7 Å². The predicted molar refractivity (Wildman–Crippen MR) is 100 cm³/mol. The number of thioether (sulfide) groups is 2. The number of carbonyl (C=O) groups excluding carboxylic acids is 3. The summed E-state index contributed by atoms with van der Waals surface area (Å²) in [6.07, 6.45) is 2.96. The fourth-order valence-electron chi connectivity index (χ4n) is 1.86. The van der Waals surface area contributed by atoms with Crippen molar-refractivity contribution >= 4 is 57.0 Å². The molecule has 1 rings (SSSR count). The van der Waals surface area contributed by atoms with E-state index in [0.29, 0.717) is 9.95 Å². The fourth-order valence-corrected chi connectivity index (χ4v) is 4.76. The first kappa shape index (κ1) is 20.7. The third kappa shape index (κ3) is 6.63. The van der Waals surface area contributed by atoms with Gasteiger partial charge in [-0.15, -0.1) is 11.8 Å². The molecule has 0 fully saturated rings. The number of amides is 3. The van der Waals surface area contributed by atoms with Crippen LogP contribution in [-0.2, 0) is 14.4 Å². The maximum absolute atomic E-state index is 11.9. The number of nitrogens with one attached hydrogen (secondary N) is 1. The summed E-state index contributed by atoms with van der Waals surface area (Å²) in [6.45, 7) is 4.08. The van der Waals surface area contributed by atoms with Crippen LogP contribution in [0.3, 0.4) is 0 Å². The van der Waals surface area contributed by atoms with Gasteiger partial charge in [-0.25, -0.2) is 0 Å². The van der Waals surface area contributed by atoms with E-state index < -0.39 is 4.75 Å². The number of thiocarbonyl (C=S) groups is 1. The molecule has 6 nitrogen and oxygen atoms in total. The molecule has 1 heterocycles. The SMILES string of the molecule is CCSC(=S)SC(C)(C#N)CCC(=O)NCCN1C(=O)C=CC1=O. The highest BCUT2D eigenvalue weighted by molar-refractivity contribution is 8.47. The molecule has 3 amide bonds. The number of hydrogen-bond acceptors (Lipinski definition) is 7. The Morgan fingerprint density at radius 3 is 2.58 bits per heavy atom. The van der Waals surface area contributed by atoms with E-state index in [1.807, 2.05) is 6.92 Å². The van der Waals surface area contributed by atoms with Crippen LogP contribution in [0.15, 0.2) is 12.2 Å². The predicted octanol–water partition coefficient (Wildman–Crippen LogP) is 1.86. The lowest BCUT2D eigenvalue weighted by molar-refractivity contribution is -0.137. The first-order chi connectivity index (χ1) is 11.3. The van der Waals surface area contributed by atoms with Gasteiger partial charge in [-0.1, -0.05) is 30.9 Å². The summed E-state index contributed by atoms with van der Waals surface area (Å²) in [7, 11) is 0. The molecule has 1 aliphatic heterocycles. The molecule has 0 bridgehead atoms. The zero-order valence-electron chi connectivity index (χ0n) is 13.5. The van der Waals surface area contributed by atoms with Gasteiger partial charge in [-0.2, -0.15) is 5.26 Å². The Hall–Kier alpha value is -1.37. The van der Waals surface area contributed by atoms with Gasteiger partial charge in [-0.3, -0.25) is 19.3 Å². The molecular weight excluding hydrogens is 366 g/mol. The van der Waals surface area contributed by atoms with E-state index in [2.05, 4.69) is 11.4 Å². The van der Waals surface area contributed by atoms with Gasteiger partial charge in [0.2, 0.25) is 5.91 Å². The number of rotatable bonds is 8. The Bertz CT molecular complexity index is 583. The Labute approximate surface area is 155 Å². The number of nitriles is 1. The van der Waals surface area contributed by atoms with Crippen LogP contribution in [0.2, 0.25) is 0 Å². The van der Waals surface area contributed by atoms with Crippen LogP contribution >= 0.6 is 35.7 Å². The maximum atomic E-state index is 11.9. The van der Waals surface area contributed by atoms with E-state index in [9.17, 15) is 19.6 Å². The topological polar surface area (TPSA) is 90.3 Å². The second kappa shape index (κ2) is 9.81. The van der Waals surface area contributed by atoms with Crippen molar-refractivity contribution in [1.82, 2.24) is 10.2 Å². The molecule has 1 aliphatic rings. The largest absolute Gasteiger partial charge is 0.354 e. The minimum Gasteiger partial charge on any atom is -0.354 e. The van der Waals surface area contributed by atoms with Gasteiger partial charge in [0.1, 0.15) is 8.28 Å². The summed E-state index contributed by atoms with van der Waals surface area (Å²) in [5.74, 6) is -0.121. The van der Waals surface area contributed by atoms with E-state index in [1.165, 1.54) is 35.7 Å². The van der Waals surface area contributed by atoms with Crippen LogP contribution in [0.5, 0.6) is 0 Å². The smallest absolute Gasteiger partial charge is 0.253 e. The zero-order chi connectivity index (χ0) is 18.2. The second-order valence-corrected chi connectivity index (χ2v) is 9.11. The zero-order valence-corrected chi connectivity index (χ0v) is 16.0. The molecule has 130 valence electrons. The molecule has 0 radical (unpaired) electrons. The summed E-state index contributed by atoms with van der Waals surface area (Å²) < 4.78 is -0.0537. The molecule has 0 aliphatic carbocycles. The third-order valence-electron chi connectivity index (χ3n) is 3.19. The molecule has 1 atom stereocenters. The van der Waals surface area contributed by atoms with Gasteiger partial charge in [0.25, 0.3) is 11.8 Å². The minimum absolute atomic E-state index is 0.137. The molecule has 1 N–H and O–H groups in total. The van der Waals surface area contributed by atoms with Crippen molar-refractivity contribution in [3.05, 3.63) is 12.2 Å². The van der Waals surface area contributed by atoms with E-state index >= 15 is 0 Å². The molecule has 1 unspecified atom stereocenters. The highest BCUT2D eigenvalue weighted by Crippen LogP contribution is 2.34. The summed E-state index contributed by atoms with van der Waals surface area (Å²) >= 11 is 8.01. The van der Waals surface area contributed by atoms with Crippen molar-refractivity contribution in [2.75, 3.05) is 18.8 Å². The molecule has 0 saturated carbocycles. The lowest BCUT2D eigenvalue weighted by atomic mass is 10.1. The first-order valence-corrected chi connectivity index (χ1v) is 9.59. The number of nitrogens with zero attached hydrogens (tertiary/aromatic N) is 2. The van der Waals surface area contributed by atoms with Crippen LogP contribution in [0.25, 0.3) is 0 Å².